The molecule has 1 aromatic rings. The zero-order valence-corrected chi connectivity index (χ0v) is 12.6. The van der Waals surface area contributed by atoms with Gasteiger partial charge in [0.2, 0.25) is 0 Å². The Balaban J connectivity index is 2.39. The lowest BCUT2D eigenvalue weighted by molar-refractivity contribution is 0.464. The number of hydrogen-bond donors (Lipinski definition) is 1. The molecule has 0 bridgehead atoms. The van der Waals surface area contributed by atoms with Gasteiger partial charge in [-0.05, 0) is 50.3 Å². The highest BCUT2D eigenvalue weighted by Gasteiger charge is 2.09. The van der Waals surface area contributed by atoms with E-state index in [0.717, 1.165) is 19.4 Å². The summed E-state index contributed by atoms with van der Waals surface area (Å²) in [7, 11) is 0. The lowest BCUT2D eigenvalue weighted by Gasteiger charge is -2.19. The Kier molecular flexibility index (Phi) is 8.24. The summed E-state index contributed by atoms with van der Waals surface area (Å²) in [6.45, 7) is 9.24. The maximum absolute atomic E-state index is 3.78. The van der Waals surface area contributed by atoms with E-state index < -0.39 is 0 Å². The van der Waals surface area contributed by atoms with Crippen LogP contribution in [0.3, 0.4) is 0 Å². The fourth-order valence-electron chi connectivity index (χ4n) is 2.53. The standard InChI is InChI=1S/C18H29N/c1-4-6-7-8-9-14-18(19-5-2)15-17-13-11-10-12-16(17)3/h4,10-13,18-19H,1,5-9,14-15H2,2-3H3. The van der Waals surface area contributed by atoms with Gasteiger partial charge in [-0.25, -0.2) is 0 Å². The van der Waals surface area contributed by atoms with Crippen LogP contribution in [0.1, 0.15) is 50.2 Å². The second-order valence-electron chi connectivity index (χ2n) is 5.31. The molecule has 0 saturated heterocycles. The number of allylic oxidation sites excluding steroid dienone is 1. The van der Waals surface area contributed by atoms with Crippen molar-refractivity contribution < 1.29 is 0 Å². The Labute approximate surface area is 119 Å². The van der Waals surface area contributed by atoms with Gasteiger partial charge in [0.15, 0.2) is 0 Å². The van der Waals surface area contributed by atoms with Crippen molar-refractivity contribution >= 4 is 0 Å². The van der Waals surface area contributed by atoms with Crippen LogP contribution in [0.15, 0.2) is 36.9 Å². The van der Waals surface area contributed by atoms with Gasteiger partial charge in [0.25, 0.3) is 0 Å². The van der Waals surface area contributed by atoms with E-state index in [4.69, 9.17) is 0 Å². The summed E-state index contributed by atoms with van der Waals surface area (Å²) in [6, 6.07) is 9.36. The van der Waals surface area contributed by atoms with E-state index in [9.17, 15) is 0 Å². The molecule has 0 aliphatic rings. The van der Waals surface area contributed by atoms with Crippen LogP contribution in [0.4, 0.5) is 0 Å². The minimum Gasteiger partial charge on any atom is -0.314 e. The number of likely N-dealkylation sites (N-methyl/N-ethyl adjacent to an activating group) is 1. The van der Waals surface area contributed by atoms with Crippen LogP contribution in [0, 0.1) is 6.92 Å². The Bertz CT molecular complexity index is 356. The molecular formula is C18H29N. The number of aryl methyl sites for hydroxylation is 1. The number of nitrogens with one attached hydrogen (secondary N) is 1. The van der Waals surface area contributed by atoms with Crippen molar-refractivity contribution in [1.29, 1.82) is 0 Å². The van der Waals surface area contributed by atoms with E-state index in [1.54, 1.807) is 0 Å². The molecule has 0 aliphatic carbocycles. The largest absolute Gasteiger partial charge is 0.314 e. The van der Waals surface area contributed by atoms with Crippen LogP contribution in [0.5, 0.6) is 0 Å². The summed E-state index contributed by atoms with van der Waals surface area (Å²) in [4.78, 5) is 0. The Morgan fingerprint density at radius 3 is 2.68 bits per heavy atom. The molecule has 0 heterocycles. The normalized spacial score (nSPS) is 12.3. The van der Waals surface area contributed by atoms with Gasteiger partial charge in [-0.3, -0.25) is 0 Å². The number of unbranched alkanes of at least 4 members (excludes halogenated alkanes) is 3. The molecule has 1 N–H and O–H groups in total. The Hall–Kier alpha value is -1.08. The van der Waals surface area contributed by atoms with Gasteiger partial charge in [-0.2, -0.15) is 0 Å². The first kappa shape index (κ1) is 16.0. The third kappa shape index (κ3) is 6.58. The fraction of sp³-hybridized carbons (Fsp3) is 0.556. The van der Waals surface area contributed by atoms with Crippen LogP contribution in [0.25, 0.3) is 0 Å². The van der Waals surface area contributed by atoms with Crippen LogP contribution in [-0.4, -0.2) is 12.6 Å². The second kappa shape index (κ2) is 9.80. The molecule has 1 aromatic carbocycles. The predicted octanol–water partition coefficient (Wildman–Crippen LogP) is 4.65. The van der Waals surface area contributed by atoms with E-state index in [-0.39, 0.29) is 0 Å². The fourth-order valence-corrected chi connectivity index (χ4v) is 2.53. The molecule has 1 heteroatoms. The van der Waals surface area contributed by atoms with Gasteiger partial charge in [-0.15, -0.1) is 6.58 Å². The first-order valence-corrected chi connectivity index (χ1v) is 7.66. The Morgan fingerprint density at radius 1 is 1.21 bits per heavy atom. The highest BCUT2D eigenvalue weighted by atomic mass is 14.9. The minimum absolute atomic E-state index is 0.620. The first-order valence-electron chi connectivity index (χ1n) is 7.66. The minimum atomic E-state index is 0.620. The third-order valence-corrected chi connectivity index (χ3v) is 3.68. The average Bonchev–Trinajstić information content (AvgIpc) is 2.41. The van der Waals surface area contributed by atoms with Crippen molar-refractivity contribution in [2.45, 2.75) is 58.4 Å². The molecule has 106 valence electrons. The molecule has 0 fully saturated rings. The zero-order valence-electron chi connectivity index (χ0n) is 12.6. The summed E-state index contributed by atoms with van der Waals surface area (Å²) < 4.78 is 0. The summed E-state index contributed by atoms with van der Waals surface area (Å²) in [5.74, 6) is 0. The highest BCUT2D eigenvalue weighted by molar-refractivity contribution is 5.26. The van der Waals surface area contributed by atoms with Crippen molar-refractivity contribution in [3.63, 3.8) is 0 Å². The van der Waals surface area contributed by atoms with Gasteiger partial charge in [-0.1, -0.05) is 50.1 Å². The molecule has 19 heavy (non-hydrogen) atoms. The maximum Gasteiger partial charge on any atom is 0.0107 e. The van der Waals surface area contributed by atoms with Crippen molar-refractivity contribution in [2.24, 2.45) is 0 Å². The van der Waals surface area contributed by atoms with Crippen LogP contribution >= 0.6 is 0 Å². The molecule has 0 saturated carbocycles. The van der Waals surface area contributed by atoms with E-state index in [1.165, 1.54) is 36.8 Å². The van der Waals surface area contributed by atoms with Crippen LogP contribution < -0.4 is 5.32 Å². The van der Waals surface area contributed by atoms with E-state index >= 15 is 0 Å². The lowest BCUT2D eigenvalue weighted by atomic mass is 9.97. The van der Waals surface area contributed by atoms with E-state index in [0.29, 0.717) is 6.04 Å². The first-order chi connectivity index (χ1) is 9.27. The molecule has 0 spiro atoms. The summed E-state index contributed by atoms with van der Waals surface area (Å²) in [5, 5.41) is 3.63. The summed E-state index contributed by atoms with van der Waals surface area (Å²) >= 11 is 0. The number of benzene rings is 1. The highest BCUT2D eigenvalue weighted by Crippen LogP contribution is 2.14. The van der Waals surface area contributed by atoms with E-state index in [1.807, 2.05) is 6.08 Å². The molecule has 1 rings (SSSR count). The van der Waals surface area contributed by atoms with Gasteiger partial charge >= 0.3 is 0 Å². The average molecular weight is 259 g/mol. The van der Waals surface area contributed by atoms with Gasteiger partial charge in [0.05, 0.1) is 0 Å². The topological polar surface area (TPSA) is 12.0 Å². The molecule has 0 amide bonds. The quantitative estimate of drug-likeness (QED) is 0.476. The molecule has 1 atom stereocenters. The van der Waals surface area contributed by atoms with E-state index in [2.05, 4.69) is 50.0 Å². The maximum atomic E-state index is 3.78. The second-order valence-corrected chi connectivity index (χ2v) is 5.31. The summed E-state index contributed by atoms with van der Waals surface area (Å²) in [5.41, 5.74) is 2.90. The number of rotatable bonds is 10. The predicted molar refractivity (Wildman–Crippen MR) is 85.6 cm³/mol. The van der Waals surface area contributed by atoms with Crippen LogP contribution in [-0.2, 0) is 6.42 Å². The molecule has 0 aliphatic heterocycles. The molecule has 0 radical (unpaired) electrons. The molecule has 0 aromatic heterocycles. The number of hydrogen-bond acceptors (Lipinski definition) is 1. The van der Waals surface area contributed by atoms with Crippen molar-refractivity contribution in [3.8, 4) is 0 Å². The monoisotopic (exact) mass is 259 g/mol. The molecule has 1 nitrogen and oxygen atoms in total. The molecule has 1 unspecified atom stereocenters. The summed E-state index contributed by atoms with van der Waals surface area (Å²) in [6.07, 6.45) is 9.53. The van der Waals surface area contributed by atoms with Crippen molar-refractivity contribution in [3.05, 3.63) is 48.0 Å². The SMILES string of the molecule is C=CCCCCCC(Cc1ccccc1C)NCC. The Morgan fingerprint density at radius 2 is 2.00 bits per heavy atom. The van der Waals surface area contributed by atoms with Crippen molar-refractivity contribution in [2.75, 3.05) is 6.54 Å². The molecular weight excluding hydrogens is 230 g/mol. The van der Waals surface area contributed by atoms with Gasteiger partial charge < -0.3 is 5.32 Å². The zero-order chi connectivity index (χ0) is 13.9. The lowest BCUT2D eigenvalue weighted by Crippen LogP contribution is -2.31. The third-order valence-electron chi connectivity index (χ3n) is 3.68. The van der Waals surface area contributed by atoms with Gasteiger partial charge in [0.1, 0.15) is 0 Å². The smallest absolute Gasteiger partial charge is 0.0107 e. The van der Waals surface area contributed by atoms with Crippen molar-refractivity contribution in [1.82, 2.24) is 5.32 Å². The van der Waals surface area contributed by atoms with Crippen LogP contribution in [0.2, 0.25) is 0 Å². The van der Waals surface area contributed by atoms with Gasteiger partial charge in [0, 0.05) is 6.04 Å².